The molecule has 3 nitrogen and oxygen atoms in total. The summed E-state index contributed by atoms with van der Waals surface area (Å²) in [6, 6.07) is 1.01. The van der Waals surface area contributed by atoms with E-state index in [4.69, 9.17) is 10.0 Å². The largest absolute Gasteiger partial charge is 0.490 e. The van der Waals surface area contributed by atoms with Gasteiger partial charge in [-0.05, 0) is 6.07 Å². The Bertz CT molecular complexity index is 235. The summed E-state index contributed by atoms with van der Waals surface area (Å²) in [6.45, 7) is 0. The van der Waals surface area contributed by atoms with Gasteiger partial charge in [0.05, 0.1) is 6.20 Å². The van der Waals surface area contributed by atoms with E-state index in [1.54, 1.807) is 0 Å². The Morgan fingerprint density at radius 3 is 2.36 bits per heavy atom. The van der Waals surface area contributed by atoms with E-state index in [-0.39, 0.29) is 17.9 Å². The van der Waals surface area contributed by atoms with Gasteiger partial charge in [-0.1, -0.05) is 0 Å². The van der Waals surface area contributed by atoms with Crippen LogP contribution >= 0.6 is 12.4 Å². The number of halogens is 2. The van der Waals surface area contributed by atoms with Gasteiger partial charge in [-0.15, -0.1) is 12.4 Å². The van der Waals surface area contributed by atoms with Gasteiger partial charge in [0, 0.05) is 11.7 Å². The smallest absolute Gasteiger partial charge is 0.423 e. The molecule has 2 N–H and O–H groups in total. The Hall–Kier alpha value is -0.645. The van der Waals surface area contributed by atoms with Crippen LogP contribution in [0.2, 0.25) is 0 Å². The van der Waals surface area contributed by atoms with Gasteiger partial charge in [0.2, 0.25) is 0 Å². The second kappa shape index (κ2) is 4.28. The minimum absolute atomic E-state index is 0. The predicted molar refractivity (Wildman–Crippen MR) is 41.3 cm³/mol. The molecule has 0 radical (unpaired) electrons. The summed E-state index contributed by atoms with van der Waals surface area (Å²) in [5.41, 5.74) is 0.0556. The Morgan fingerprint density at radius 2 is 2.00 bits per heavy atom. The normalized spacial score (nSPS) is 8.64. The molecule has 0 aromatic carbocycles. The van der Waals surface area contributed by atoms with Crippen molar-refractivity contribution >= 4 is 25.0 Å². The maximum Gasteiger partial charge on any atom is 0.490 e. The molecule has 11 heavy (non-hydrogen) atoms. The molecule has 1 aromatic rings. The molecule has 0 amide bonds. The highest BCUT2D eigenvalue weighted by molar-refractivity contribution is 6.58. The summed E-state index contributed by atoms with van der Waals surface area (Å²) in [4.78, 5) is 3.41. The third-order valence-electron chi connectivity index (χ3n) is 1.02. The molecular weight excluding hydrogens is 171 g/mol. The van der Waals surface area contributed by atoms with Gasteiger partial charge in [-0.25, -0.2) is 4.39 Å². The Labute approximate surface area is 69.5 Å². The topological polar surface area (TPSA) is 53.4 Å². The molecule has 0 saturated heterocycles. The van der Waals surface area contributed by atoms with E-state index in [0.29, 0.717) is 0 Å². The first-order valence-electron chi connectivity index (χ1n) is 2.67. The van der Waals surface area contributed by atoms with Crippen molar-refractivity contribution in [2.45, 2.75) is 0 Å². The van der Waals surface area contributed by atoms with Gasteiger partial charge in [0.1, 0.15) is 5.82 Å². The molecule has 0 aliphatic rings. The summed E-state index contributed by atoms with van der Waals surface area (Å²) in [7, 11) is -1.65. The second-order valence-electron chi connectivity index (χ2n) is 1.81. The van der Waals surface area contributed by atoms with Crippen molar-refractivity contribution in [1.29, 1.82) is 0 Å². The van der Waals surface area contributed by atoms with Crippen LogP contribution in [0.15, 0.2) is 18.5 Å². The number of pyridine rings is 1. The van der Waals surface area contributed by atoms with Crippen LogP contribution in [0.3, 0.4) is 0 Å². The number of hydrogen-bond donors (Lipinski definition) is 2. The molecule has 0 spiro atoms. The van der Waals surface area contributed by atoms with Gasteiger partial charge in [-0.2, -0.15) is 0 Å². The van der Waals surface area contributed by atoms with Crippen molar-refractivity contribution < 1.29 is 14.4 Å². The highest BCUT2D eigenvalue weighted by Gasteiger charge is 2.10. The lowest BCUT2D eigenvalue weighted by Crippen LogP contribution is -2.30. The average Bonchev–Trinajstić information content (AvgIpc) is 1.88. The highest BCUT2D eigenvalue weighted by Crippen LogP contribution is 1.88. The van der Waals surface area contributed by atoms with Crippen molar-refractivity contribution in [1.82, 2.24) is 4.98 Å². The Morgan fingerprint density at radius 1 is 1.36 bits per heavy atom. The van der Waals surface area contributed by atoms with E-state index in [9.17, 15) is 4.39 Å². The van der Waals surface area contributed by atoms with Crippen molar-refractivity contribution in [3.63, 3.8) is 0 Å². The summed E-state index contributed by atoms with van der Waals surface area (Å²) in [6.07, 6.45) is 2.18. The molecule has 6 heteroatoms. The summed E-state index contributed by atoms with van der Waals surface area (Å²) < 4.78 is 12.2. The maximum absolute atomic E-state index is 12.2. The van der Waals surface area contributed by atoms with Crippen LogP contribution in [0.4, 0.5) is 4.39 Å². The first-order valence-corrected chi connectivity index (χ1v) is 2.67. The highest BCUT2D eigenvalue weighted by atomic mass is 35.5. The lowest BCUT2D eigenvalue weighted by atomic mass is 9.82. The first kappa shape index (κ1) is 10.4. The molecule has 0 unspecified atom stereocenters. The molecule has 0 aliphatic carbocycles. The molecular formula is C5H6BClFNO2. The molecule has 60 valence electrons. The quantitative estimate of drug-likeness (QED) is 0.559. The van der Waals surface area contributed by atoms with Crippen LogP contribution in [0.1, 0.15) is 0 Å². The SMILES string of the molecule is Cl.OB(O)c1cncc(F)c1. The van der Waals surface area contributed by atoms with Gasteiger partial charge in [0.15, 0.2) is 0 Å². The van der Waals surface area contributed by atoms with Crippen LogP contribution in [-0.2, 0) is 0 Å². The fourth-order valence-electron chi connectivity index (χ4n) is 0.569. The van der Waals surface area contributed by atoms with E-state index >= 15 is 0 Å². The third-order valence-corrected chi connectivity index (χ3v) is 1.02. The third kappa shape index (κ3) is 2.84. The van der Waals surface area contributed by atoms with Crippen LogP contribution in [-0.4, -0.2) is 22.2 Å². The maximum atomic E-state index is 12.2. The zero-order valence-electron chi connectivity index (χ0n) is 5.44. The molecule has 0 fully saturated rings. The zero-order chi connectivity index (χ0) is 7.56. The monoisotopic (exact) mass is 177 g/mol. The van der Waals surface area contributed by atoms with E-state index in [1.165, 1.54) is 6.20 Å². The van der Waals surface area contributed by atoms with Crippen molar-refractivity contribution in [3.05, 3.63) is 24.3 Å². The molecule has 0 saturated carbocycles. The van der Waals surface area contributed by atoms with Crippen LogP contribution in [0, 0.1) is 5.82 Å². The lowest BCUT2D eigenvalue weighted by Gasteiger charge is -1.95. The van der Waals surface area contributed by atoms with Gasteiger partial charge in [0.25, 0.3) is 0 Å². The van der Waals surface area contributed by atoms with Crippen molar-refractivity contribution in [2.24, 2.45) is 0 Å². The first-order chi connectivity index (χ1) is 4.70. The predicted octanol–water partition coefficient (Wildman–Crippen LogP) is -0.678. The number of aromatic nitrogens is 1. The van der Waals surface area contributed by atoms with Crippen molar-refractivity contribution in [2.75, 3.05) is 0 Å². The van der Waals surface area contributed by atoms with Crippen LogP contribution in [0.25, 0.3) is 0 Å². The minimum atomic E-state index is -1.65. The van der Waals surface area contributed by atoms with Crippen LogP contribution < -0.4 is 5.46 Å². The fourth-order valence-corrected chi connectivity index (χ4v) is 0.569. The summed E-state index contributed by atoms with van der Waals surface area (Å²) in [5, 5.41) is 17.0. The lowest BCUT2D eigenvalue weighted by molar-refractivity contribution is 0.425. The standard InChI is InChI=1S/C5H5BFNO2.ClH/c7-5-1-4(6(9)10)2-8-3-5;/h1-3,9-10H;1H. The number of rotatable bonds is 1. The van der Waals surface area contributed by atoms with Gasteiger partial charge < -0.3 is 10.0 Å². The van der Waals surface area contributed by atoms with E-state index in [1.807, 2.05) is 0 Å². The fraction of sp³-hybridized carbons (Fsp3) is 0. The van der Waals surface area contributed by atoms with E-state index < -0.39 is 12.9 Å². The van der Waals surface area contributed by atoms with E-state index in [0.717, 1.165) is 12.3 Å². The summed E-state index contributed by atoms with van der Waals surface area (Å²) in [5.74, 6) is -0.578. The minimum Gasteiger partial charge on any atom is -0.423 e. The van der Waals surface area contributed by atoms with Crippen molar-refractivity contribution in [3.8, 4) is 0 Å². The number of hydrogen-bond acceptors (Lipinski definition) is 3. The molecule has 0 atom stereocenters. The molecule has 1 rings (SSSR count). The molecule has 0 aliphatic heterocycles. The second-order valence-corrected chi connectivity index (χ2v) is 1.81. The Kier molecular flexibility index (Phi) is 4.03. The number of nitrogens with zero attached hydrogens (tertiary/aromatic N) is 1. The average molecular weight is 177 g/mol. The van der Waals surface area contributed by atoms with Gasteiger partial charge in [-0.3, -0.25) is 4.98 Å². The summed E-state index contributed by atoms with van der Waals surface area (Å²) >= 11 is 0. The molecule has 1 heterocycles. The van der Waals surface area contributed by atoms with Gasteiger partial charge >= 0.3 is 7.12 Å². The molecule has 0 bridgehead atoms. The van der Waals surface area contributed by atoms with E-state index in [2.05, 4.69) is 4.98 Å². The Balaban J connectivity index is 0.000001000. The van der Waals surface area contributed by atoms with Crippen LogP contribution in [0.5, 0.6) is 0 Å². The molecule has 1 aromatic heterocycles. The zero-order valence-corrected chi connectivity index (χ0v) is 6.25.